The summed E-state index contributed by atoms with van der Waals surface area (Å²) in [6, 6.07) is 11.8. The second kappa shape index (κ2) is 7.73. The molecule has 1 fully saturated rings. The summed E-state index contributed by atoms with van der Waals surface area (Å²) in [5, 5.41) is 10.9. The summed E-state index contributed by atoms with van der Waals surface area (Å²) in [6.07, 6.45) is 2.29. The van der Waals surface area contributed by atoms with E-state index in [-0.39, 0.29) is 16.2 Å². The lowest BCUT2D eigenvalue weighted by Crippen LogP contribution is -2.33. The molecule has 5 nitrogen and oxygen atoms in total. The van der Waals surface area contributed by atoms with E-state index in [1.54, 1.807) is 18.2 Å². The van der Waals surface area contributed by atoms with Gasteiger partial charge in [0, 0.05) is 29.4 Å². The fourth-order valence-corrected chi connectivity index (χ4v) is 4.27. The maximum Gasteiger partial charge on any atom is 0.301 e. The van der Waals surface area contributed by atoms with Crippen LogP contribution in [0.4, 0.5) is 11.4 Å². The van der Waals surface area contributed by atoms with Gasteiger partial charge in [0.05, 0.1) is 16.3 Å². The number of carbonyl (C=O) groups is 2. The number of carbonyl (C=O) groups excluding carboxylic acids is 2. The number of hydrogen-bond donors (Lipinski definition) is 1. The fourth-order valence-electron chi connectivity index (χ4n) is 3.77. The van der Waals surface area contributed by atoms with Crippen LogP contribution in [0, 0.1) is 5.92 Å². The maximum atomic E-state index is 13.0. The Kier molecular flexibility index (Phi) is 5.28. The highest BCUT2D eigenvalue weighted by Gasteiger charge is 2.41. The van der Waals surface area contributed by atoms with Crippen LogP contribution in [0.5, 0.6) is 0 Å². The van der Waals surface area contributed by atoms with Crippen LogP contribution in [-0.4, -0.2) is 30.0 Å². The zero-order chi connectivity index (χ0) is 20.7. The van der Waals surface area contributed by atoms with Gasteiger partial charge in [0.2, 0.25) is 0 Å². The van der Waals surface area contributed by atoms with Crippen LogP contribution in [0.3, 0.4) is 0 Å². The molecule has 29 heavy (non-hydrogen) atoms. The third-order valence-corrected chi connectivity index (χ3v) is 6.06. The van der Waals surface area contributed by atoms with E-state index < -0.39 is 17.6 Å². The van der Waals surface area contributed by atoms with Crippen LogP contribution < -0.4 is 9.80 Å². The fraction of sp³-hybridized carbons (Fsp3) is 0.273. The molecule has 2 aliphatic heterocycles. The lowest BCUT2D eigenvalue weighted by atomic mass is 9.99. The molecule has 150 valence electrons. The second-order valence-electron chi connectivity index (χ2n) is 7.48. The van der Waals surface area contributed by atoms with Crippen LogP contribution in [0.1, 0.15) is 25.3 Å². The van der Waals surface area contributed by atoms with Crippen molar-refractivity contribution in [2.24, 2.45) is 5.92 Å². The molecule has 7 heteroatoms. The third-order valence-electron chi connectivity index (χ3n) is 5.52. The minimum Gasteiger partial charge on any atom is -0.502 e. The summed E-state index contributed by atoms with van der Waals surface area (Å²) in [6.45, 7) is 4.24. The highest BCUT2D eigenvalue weighted by atomic mass is 35.5. The molecule has 0 saturated carbocycles. The molecular formula is C22H20Cl2N2O3. The van der Waals surface area contributed by atoms with Crippen molar-refractivity contribution in [2.45, 2.75) is 19.8 Å². The first-order valence-corrected chi connectivity index (χ1v) is 10.2. The number of piperidine rings is 1. The average molecular weight is 431 g/mol. The minimum atomic E-state index is -0.768. The SMILES string of the molecule is CC1CCN(c2ccc(N3C(=O)C(O)=C(c4ccc(Cl)cc4Cl)C3=O)cc2)CC1. The van der Waals surface area contributed by atoms with E-state index in [1.807, 2.05) is 12.1 Å². The van der Waals surface area contributed by atoms with E-state index in [0.29, 0.717) is 10.7 Å². The molecule has 2 heterocycles. The summed E-state index contributed by atoms with van der Waals surface area (Å²) >= 11 is 12.1. The van der Waals surface area contributed by atoms with Crippen molar-refractivity contribution in [3.05, 3.63) is 63.8 Å². The quantitative estimate of drug-likeness (QED) is 0.690. The average Bonchev–Trinajstić information content (AvgIpc) is 2.92. The van der Waals surface area contributed by atoms with E-state index in [9.17, 15) is 14.7 Å². The van der Waals surface area contributed by atoms with Crippen LogP contribution >= 0.6 is 23.2 Å². The number of anilines is 2. The largest absolute Gasteiger partial charge is 0.502 e. The summed E-state index contributed by atoms with van der Waals surface area (Å²) in [5.74, 6) is -1.27. The van der Waals surface area contributed by atoms with Crippen molar-refractivity contribution in [1.82, 2.24) is 0 Å². The molecule has 2 amide bonds. The Bertz CT molecular complexity index is 1010. The molecule has 1 saturated heterocycles. The number of rotatable bonds is 3. The minimum absolute atomic E-state index is 0.120. The molecule has 1 N–H and O–H groups in total. The molecule has 0 unspecified atom stereocenters. The number of imide groups is 1. The van der Waals surface area contributed by atoms with Crippen molar-refractivity contribution < 1.29 is 14.7 Å². The van der Waals surface area contributed by atoms with Gasteiger partial charge in [-0.25, -0.2) is 4.90 Å². The molecular weight excluding hydrogens is 411 g/mol. The molecule has 0 radical (unpaired) electrons. The van der Waals surface area contributed by atoms with E-state index in [2.05, 4.69) is 11.8 Å². The second-order valence-corrected chi connectivity index (χ2v) is 8.32. The van der Waals surface area contributed by atoms with Crippen LogP contribution in [0.25, 0.3) is 5.57 Å². The van der Waals surface area contributed by atoms with Crippen molar-refractivity contribution in [3.8, 4) is 0 Å². The lowest BCUT2D eigenvalue weighted by Gasteiger charge is -2.32. The zero-order valence-corrected chi connectivity index (χ0v) is 17.4. The van der Waals surface area contributed by atoms with Crippen LogP contribution in [-0.2, 0) is 9.59 Å². The number of amides is 2. The van der Waals surface area contributed by atoms with E-state index in [4.69, 9.17) is 23.2 Å². The molecule has 0 aliphatic carbocycles. The van der Waals surface area contributed by atoms with Gasteiger partial charge in [-0.2, -0.15) is 0 Å². The highest BCUT2D eigenvalue weighted by molar-refractivity contribution is 6.47. The Morgan fingerprint density at radius 2 is 1.55 bits per heavy atom. The number of aliphatic hydroxyl groups excluding tert-OH is 1. The Morgan fingerprint density at radius 3 is 2.17 bits per heavy atom. The number of benzene rings is 2. The van der Waals surface area contributed by atoms with Crippen molar-refractivity contribution in [2.75, 3.05) is 22.9 Å². The summed E-state index contributed by atoms with van der Waals surface area (Å²) in [4.78, 5) is 28.9. The molecule has 0 atom stereocenters. The Morgan fingerprint density at radius 1 is 0.931 bits per heavy atom. The molecule has 0 bridgehead atoms. The van der Waals surface area contributed by atoms with Gasteiger partial charge in [-0.1, -0.05) is 36.2 Å². The molecule has 4 rings (SSSR count). The molecule has 0 spiro atoms. The first kappa shape index (κ1) is 19.8. The predicted molar refractivity (Wildman–Crippen MR) is 116 cm³/mol. The van der Waals surface area contributed by atoms with E-state index in [1.165, 1.54) is 12.1 Å². The monoisotopic (exact) mass is 430 g/mol. The first-order valence-electron chi connectivity index (χ1n) is 9.49. The maximum absolute atomic E-state index is 13.0. The van der Waals surface area contributed by atoms with Crippen LogP contribution in [0.2, 0.25) is 10.0 Å². The molecule has 2 aromatic rings. The Labute approximate surface area is 179 Å². The Balaban J connectivity index is 1.60. The van der Waals surface area contributed by atoms with Crippen molar-refractivity contribution >= 4 is 52.0 Å². The van der Waals surface area contributed by atoms with Crippen LogP contribution in [0.15, 0.2) is 48.2 Å². The third kappa shape index (κ3) is 3.61. The lowest BCUT2D eigenvalue weighted by molar-refractivity contribution is -0.121. The number of hydrogen-bond acceptors (Lipinski definition) is 4. The van der Waals surface area contributed by atoms with Gasteiger partial charge in [-0.3, -0.25) is 9.59 Å². The predicted octanol–water partition coefficient (Wildman–Crippen LogP) is 5.07. The normalized spacial score (nSPS) is 18.2. The zero-order valence-electron chi connectivity index (χ0n) is 15.9. The van der Waals surface area contributed by atoms with E-state index in [0.717, 1.165) is 42.4 Å². The summed E-state index contributed by atoms with van der Waals surface area (Å²) < 4.78 is 0. The van der Waals surface area contributed by atoms with Crippen molar-refractivity contribution in [1.29, 1.82) is 0 Å². The van der Waals surface area contributed by atoms with Gasteiger partial charge in [0.1, 0.15) is 0 Å². The summed E-state index contributed by atoms with van der Waals surface area (Å²) in [5.41, 5.74) is 1.61. The molecule has 2 aromatic carbocycles. The van der Waals surface area contributed by atoms with Crippen molar-refractivity contribution in [3.63, 3.8) is 0 Å². The Hall–Kier alpha value is -2.50. The first-order chi connectivity index (χ1) is 13.9. The smallest absolute Gasteiger partial charge is 0.301 e. The number of halogens is 2. The van der Waals surface area contributed by atoms with Gasteiger partial charge in [0.25, 0.3) is 5.91 Å². The van der Waals surface area contributed by atoms with E-state index >= 15 is 0 Å². The number of nitrogens with zero attached hydrogens (tertiary/aromatic N) is 2. The standard InChI is InChI=1S/C22H20Cl2N2O3/c1-13-8-10-25(11-9-13)15-3-5-16(6-4-15)26-21(28)19(20(27)22(26)29)17-7-2-14(23)12-18(17)24/h2-7,12-13,27H,8-11H2,1H3. The summed E-state index contributed by atoms with van der Waals surface area (Å²) in [7, 11) is 0. The topological polar surface area (TPSA) is 60.9 Å². The van der Waals surface area contributed by atoms with Gasteiger partial charge in [-0.15, -0.1) is 0 Å². The molecule has 0 aromatic heterocycles. The molecule has 2 aliphatic rings. The van der Waals surface area contributed by atoms with Gasteiger partial charge >= 0.3 is 5.91 Å². The van der Waals surface area contributed by atoms with Gasteiger partial charge < -0.3 is 10.0 Å². The number of aliphatic hydroxyl groups is 1. The van der Waals surface area contributed by atoms with Gasteiger partial charge in [0.15, 0.2) is 5.76 Å². The highest BCUT2D eigenvalue weighted by Crippen LogP contribution is 2.36. The van der Waals surface area contributed by atoms with Gasteiger partial charge in [-0.05, 0) is 55.2 Å².